The Hall–Kier alpha value is -0.170. The van der Waals surface area contributed by atoms with E-state index in [0.29, 0.717) is 13.0 Å². The van der Waals surface area contributed by atoms with Crippen LogP contribution in [0.5, 0.6) is 0 Å². The minimum absolute atomic E-state index is 0.0850. The van der Waals surface area contributed by atoms with Gasteiger partial charge in [0.15, 0.2) is 0 Å². The van der Waals surface area contributed by atoms with E-state index < -0.39 is 10.0 Å². The zero-order valence-electron chi connectivity index (χ0n) is 6.87. The molecule has 0 bridgehead atoms. The summed E-state index contributed by atoms with van der Waals surface area (Å²) in [5.74, 6) is 0.0850. The highest BCUT2D eigenvalue weighted by Gasteiger charge is 2.08. The van der Waals surface area contributed by atoms with Crippen LogP contribution < -0.4 is 10.6 Å². The largest absolute Gasteiger partial charge is 0.330 e. The summed E-state index contributed by atoms with van der Waals surface area (Å²) in [6.45, 7) is 0.397. The fourth-order valence-corrected chi connectivity index (χ4v) is 1.79. The molecule has 0 heterocycles. The van der Waals surface area contributed by atoms with E-state index in [0.717, 1.165) is 0 Å². The first-order valence-corrected chi connectivity index (χ1v) is 5.00. The summed E-state index contributed by atoms with van der Waals surface area (Å²) >= 11 is 0. The lowest BCUT2D eigenvalue weighted by Crippen LogP contribution is -2.38. The van der Waals surface area contributed by atoms with E-state index in [4.69, 9.17) is 5.73 Å². The van der Waals surface area contributed by atoms with E-state index in [1.807, 2.05) is 0 Å². The van der Waals surface area contributed by atoms with E-state index >= 15 is 0 Å². The van der Waals surface area contributed by atoms with E-state index in [1.165, 1.54) is 5.01 Å². The van der Waals surface area contributed by atoms with Crippen LogP contribution in [0.4, 0.5) is 0 Å². The zero-order valence-corrected chi connectivity index (χ0v) is 7.69. The van der Waals surface area contributed by atoms with Crippen LogP contribution in [0.1, 0.15) is 6.42 Å². The molecule has 0 radical (unpaired) electrons. The average molecular weight is 181 g/mol. The molecular weight excluding hydrogens is 166 g/mol. The summed E-state index contributed by atoms with van der Waals surface area (Å²) in [5.41, 5.74) is 5.16. The van der Waals surface area contributed by atoms with E-state index in [9.17, 15) is 8.42 Å². The van der Waals surface area contributed by atoms with Crippen molar-refractivity contribution in [2.75, 3.05) is 26.4 Å². The van der Waals surface area contributed by atoms with E-state index in [-0.39, 0.29) is 5.75 Å². The van der Waals surface area contributed by atoms with Gasteiger partial charge in [-0.05, 0) is 13.0 Å². The highest BCUT2D eigenvalue weighted by Crippen LogP contribution is 1.87. The molecule has 5 nitrogen and oxygen atoms in total. The van der Waals surface area contributed by atoms with Crippen molar-refractivity contribution in [3.63, 3.8) is 0 Å². The van der Waals surface area contributed by atoms with E-state index in [1.54, 1.807) is 14.1 Å². The number of nitrogens with one attached hydrogen (secondary N) is 1. The summed E-state index contributed by atoms with van der Waals surface area (Å²) in [6.07, 6.45) is 0.489. The third-order valence-corrected chi connectivity index (χ3v) is 2.41. The summed E-state index contributed by atoms with van der Waals surface area (Å²) < 4.78 is 22.0. The fraction of sp³-hybridized carbons (Fsp3) is 1.00. The van der Waals surface area contributed by atoms with Gasteiger partial charge < -0.3 is 5.73 Å². The van der Waals surface area contributed by atoms with Crippen molar-refractivity contribution in [3.8, 4) is 0 Å². The lowest BCUT2D eigenvalue weighted by Gasteiger charge is -2.11. The molecule has 0 rings (SSSR count). The van der Waals surface area contributed by atoms with Crippen molar-refractivity contribution >= 4 is 10.0 Å². The molecule has 6 heteroatoms. The maximum absolute atomic E-state index is 11.0. The monoisotopic (exact) mass is 181 g/mol. The Morgan fingerprint density at radius 1 is 1.45 bits per heavy atom. The van der Waals surface area contributed by atoms with Gasteiger partial charge in [0.25, 0.3) is 0 Å². The van der Waals surface area contributed by atoms with Crippen LogP contribution in [-0.4, -0.2) is 39.8 Å². The van der Waals surface area contributed by atoms with Gasteiger partial charge in [0.1, 0.15) is 0 Å². The van der Waals surface area contributed by atoms with Gasteiger partial charge in [-0.2, -0.15) is 0 Å². The average Bonchev–Trinajstić information content (AvgIpc) is 1.81. The molecule has 0 atom stereocenters. The van der Waals surface area contributed by atoms with Crippen LogP contribution in [0.2, 0.25) is 0 Å². The van der Waals surface area contributed by atoms with E-state index in [2.05, 4.69) is 4.83 Å². The fourth-order valence-electron chi connectivity index (χ4n) is 0.597. The Labute approximate surface area is 67.6 Å². The molecule has 3 N–H and O–H groups in total. The van der Waals surface area contributed by atoms with Crippen molar-refractivity contribution in [1.82, 2.24) is 9.84 Å². The molecule has 0 aromatic rings. The normalized spacial score (nSPS) is 12.4. The van der Waals surface area contributed by atoms with Crippen molar-refractivity contribution in [1.29, 1.82) is 0 Å². The first kappa shape index (κ1) is 10.8. The maximum atomic E-state index is 11.0. The molecule has 0 aromatic carbocycles. The molecule has 0 spiro atoms. The Morgan fingerprint density at radius 2 is 2.00 bits per heavy atom. The standard InChI is InChI=1S/C5H15N3O2S/c1-8(2)7-11(9,10)5-3-4-6/h7H,3-6H2,1-2H3. The number of hydrogen-bond donors (Lipinski definition) is 2. The molecule has 11 heavy (non-hydrogen) atoms. The predicted octanol–water partition coefficient (Wildman–Crippen LogP) is -1.27. The number of hydrogen-bond acceptors (Lipinski definition) is 4. The van der Waals surface area contributed by atoms with Gasteiger partial charge in [0, 0.05) is 14.1 Å². The third-order valence-electron chi connectivity index (χ3n) is 0.939. The van der Waals surface area contributed by atoms with Gasteiger partial charge in [0.05, 0.1) is 5.75 Å². The number of nitrogens with two attached hydrogens (primary N) is 1. The first-order valence-electron chi connectivity index (χ1n) is 3.35. The second-order valence-corrected chi connectivity index (χ2v) is 4.27. The number of rotatable bonds is 5. The molecule has 68 valence electrons. The van der Waals surface area contributed by atoms with Crippen LogP contribution in [0, 0.1) is 0 Å². The van der Waals surface area contributed by atoms with Crippen molar-refractivity contribution in [2.45, 2.75) is 6.42 Å². The third kappa shape index (κ3) is 6.24. The van der Waals surface area contributed by atoms with Crippen LogP contribution in [-0.2, 0) is 10.0 Å². The topological polar surface area (TPSA) is 75.4 Å². The van der Waals surface area contributed by atoms with Crippen LogP contribution in [0.25, 0.3) is 0 Å². The molecule has 0 saturated heterocycles. The number of hydrazine groups is 1. The minimum atomic E-state index is -3.15. The van der Waals surface area contributed by atoms with Crippen LogP contribution in [0.3, 0.4) is 0 Å². The predicted molar refractivity (Wildman–Crippen MR) is 44.3 cm³/mol. The molecule has 0 amide bonds. The smallest absolute Gasteiger partial charge is 0.224 e. The Morgan fingerprint density at radius 3 is 2.36 bits per heavy atom. The molecule has 0 aromatic heterocycles. The second kappa shape index (κ2) is 4.66. The molecule has 0 aliphatic carbocycles. The quantitative estimate of drug-likeness (QED) is 0.519. The van der Waals surface area contributed by atoms with Crippen LogP contribution >= 0.6 is 0 Å². The summed E-state index contributed by atoms with van der Waals surface area (Å²) in [5, 5.41) is 1.39. The molecule has 0 saturated carbocycles. The Bertz CT molecular complexity index is 188. The summed E-state index contributed by atoms with van der Waals surface area (Å²) in [4.78, 5) is 2.30. The minimum Gasteiger partial charge on any atom is -0.330 e. The number of nitrogens with zero attached hydrogens (tertiary/aromatic N) is 1. The van der Waals surface area contributed by atoms with Gasteiger partial charge in [-0.25, -0.2) is 13.4 Å². The summed E-state index contributed by atoms with van der Waals surface area (Å²) in [6, 6.07) is 0. The van der Waals surface area contributed by atoms with Gasteiger partial charge >= 0.3 is 0 Å². The SMILES string of the molecule is CN(C)NS(=O)(=O)CCCN. The Kier molecular flexibility index (Phi) is 4.58. The number of sulfonamides is 1. The van der Waals surface area contributed by atoms with Crippen LogP contribution in [0.15, 0.2) is 0 Å². The molecule has 0 aliphatic heterocycles. The lowest BCUT2D eigenvalue weighted by atomic mass is 10.5. The highest BCUT2D eigenvalue weighted by molar-refractivity contribution is 7.89. The van der Waals surface area contributed by atoms with Crippen molar-refractivity contribution < 1.29 is 8.42 Å². The molecule has 0 unspecified atom stereocenters. The molecular formula is C5H15N3O2S. The second-order valence-electron chi connectivity index (χ2n) is 2.45. The van der Waals surface area contributed by atoms with Gasteiger partial charge in [-0.15, -0.1) is 4.83 Å². The Balaban J connectivity index is 3.82. The molecule has 0 fully saturated rings. The highest BCUT2D eigenvalue weighted by atomic mass is 32.2. The lowest BCUT2D eigenvalue weighted by molar-refractivity contribution is 0.364. The molecule has 0 aliphatic rings. The summed E-state index contributed by atoms with van der Waals surface area (Å²) in [7, 11) is 0.103. The first-order chi connectivity index (χ1) is 4.98. The van der Waals surface area contributed by atoms with Gasteiger partial charge in [0.2, 0.25) is 10.0 Å². The van der Waals surface area contributed by atoms with Gasteiger partial charge in [-0.1, -0.05) is 0 Å². The van der Waals surface area contributed by atoms with Gasteiger partial charge in [-0.3, -0.25) is 0 Å². The van der Waals surface area contributed by atoms with Crippen molar-refractivity contribution in [3.05, 3.63) is 0 Å². The zero-order chi connectivity index (χ0) is 8.91. The maximum Gasteiger partial charge on any atom is 0.224 e. The van der Waals surface area contributed by atoms with Crippen molar-refractivity contribution in [2.24, 2.45) is 5.73 Å².